The molecule has 4 rings (SSSR count). The van der Waals surface area contributed by atoms with Crippen LogP contribution in [-0.2, 0) is 22.5 Å². The van der Waals surface area contributed by atoms with Crippen LogP contribution in [0.2, 0.25) is 0 Å². The van der Waals surface area contributed by atoms with Gasteiger partial charge in [-0.3, -0.25) is 9.69 Å². The van der Waals surface area contributed by atoms with Gasteiger partial charge in [-0.1, -0.05) is 11.6 Å². The molecule has 0 saturated heterocycles. The van der Waals surface area contributed by atoms with Crippen LogP contribution in [0.3, 0.4) is 0 Å². The first-order valence-corrected chi connectivity index (χ1v) is 8.70. The molecule has 1 aliphatic heterocycles. The van der Waals surface area contributed by atoms with Crippen molar-refractivity contribution in [2.75, 3.05) is 19.7 Å². The maximum absolute atomic E-state index is 11.9. The lowest BCUT2D eigenvalue weighted by atomic mass is 9.89. The minimum Gasteiger partial charge on any atom is -0.465 e. The van der Waals surface area contributed by atoms with E-state index in [1.807, 2.05) is 6.92 Å². The van der Waals surface area contributed by atoms with Crippen molar-refractivity contribution in [2.24, 2.45) is 0 Å². The Hall–Kier alpha value is -1.81. The Morgan fingerprint density at radius 3 is 3.04 bits per heavy atom. The van der Waals surface area contributed by atoms with Crippen molar-refractivity contribution in [3.05, 3.63) is 35.0 Å². The van der Waals surface area contributed by atoms with Crippen LogP contribution < -0.4 is 0 Å². The summed E-state index contributed by atoms with van der Waals surface area (Å²) in [5, 5.41) is 1.42. The molecule has 122 valence electrons. The largest absolute Gasteiger partial charge is 0.465 e. The number of carbonyl (C=O) groups is 1. The van der Waals surface area contributed by atoms with Crippen LogP contribution in [0.4, 0.5) is 0 Å². The molecule has 4 heteroatoms. The Balaban J connectivity index is 1.76. The Kier molecular flexibility index (Phi) is 3.64. The molecule has 0 N–H and O–H groups in total. The average molecular weight is 312 g/mol. The first-order chi connectivity index (χ1) is 11.2. The molecule has 1 aliphatic carbocycles. The third-order valence-electron chi connectivity index (χ3n) is 5.28. The second-order valence-corrected chi connectivity index (χ2v) is 6.72. The molecule has 2 aromatic rings. The van der Waals surface area contributed by atoms with Gasteiger partial charge in [-0.25, -0.2) is 0 Å². The monoisotopic (exact) mass is 312 g/mol. The summed E-state index contributed by atoms with van der Waals surface area (Å²) in [7, 11) is 0. The van der Waals surface area contributed by atoms with Gasteiger partial charge in [0.2, 0.25) is 0 Å². The lowest BCUT2D eigenvalue weighted by molar-refractivity contribution is -0.145. The quantitative estimate of drug-likeness (QED) is 0.816. The fourth-order valence-electron chi connectivity index (χ4n) is 4.35. The van der Waals surface area contributed by atoms with Crippen molar-refractivity contribution in [2.45, 2.75) is 45.7 Å². The van der Waals surface area contributed by atoms with Gasteiger partial charge in [-0.05, 0) is 50.8 Å². The van der Waals surface area contributed by atoms with Gasteiger partial charge >= 0.3 is 5.97 Å². The molecule has 23 heavy (non-hydrogen) atoms. The van der Waals surface area contributed by atoms with Crippen LogP contribution >= 0.6 is 0 Å². The highest BCUT2D eigenvalue weighted by molar-refractivity contribution is 5.87. The van der Waals surface area contributed by atoms with E-state index in [0.29, 0.717) is 19.2 Å². The second-order valence-electron chi connectivity index (χ2n) is 6.72. The number of carbonyl (C=O) groups excluding carboxylic acids is 1. The molecular weight excluding hydrogens is 288 g/mol. The molecule has 1 aromatic heterocycles. The summed E-state index contributed by atoms with van der Waals surface area (Å²) in [5.41, 5.74) is 5.64. The molecule has 0 bridgehead atoms. The van der Waals surface area contributed by atoms with Crippen LogP contribution in [0.25, 0.3) is 10.9 Å². The second kappa shape index (κ2) is 5.68. The summed E-state index contributed by atoms with van der Waals surface area (Å²) in [6, 6.07) is 7.16. The number of aryl methyl sites for hydroxylation is 2. The Labute approximate surface area is 137 Å². The minimum absolute atomic E-state index is 0.0972. The standard InChI is InChI=1S/C19H24N2O2/c1-3-23-18(22)12-20-9-10-21-16-8-7-13(2)11-15(16)14-5-4-6-17(20)19(14)21/h7-8,11,17H,3-6,9-10,12H2,1-2H3/t17-/m0/s1. The Morgan fingerprint density at radius 2 is 2.22 bits per heavy atom. The van der Waals surface area contributed by atoms with E-state index >= 15 is 0 Å². The Bertz CT molecular complexity index is 762. The number of benzene rings is 1. The van der Waals surface area contributed by atoms with Crippen molar-refractivity contribution in [3.8, 4) is 0 Å². The van der Waals surface area contributed by atoms with Gasteiger partial charge < -0.3 is 9.30 Å². The van der Waals surface area contributed by atoms with Crippen molar-refractivity contribution in [1.29, 1.82) is 0 Å². The lowest BCUT2D eigenvalue weighted by Crippen LogP contribution is -2.42. The van der Waals surface area contributed by atoms with E-state index in [1.165, 1.54) is 34.1 Å². The molecule has 0 radical (unpaired) electrons. The summed E-state index contributed by atoms with van der Waals surface area (Å²) in [4.78, 5) is 14.3. The van der Waals surface area contributed by atoms with E-state index in [-0.39, 0.29) is 5.97 Å². The molecule has 0 saturated carbocycles. The molecule has 4 nitrogen and oxygen atoms in total. The van der Waals surface area contributed by atoms with E-state index in [9.17, 15) is 4.79 Å². The highest BCUT2D eigenvalue weighted by atomic mass is 16.5. The molecule has 0 amide bonds. The van der Waals surface area contributed by atoms with Gasteiger partial charge in [-0.15, -0.1) is 0 Å². The third kappa shape index (κ3) is 2.36. The molecule has 0 fully saturated rings. The van der Waals surface area contributed by atoms with Gasteiger partial charge in [0, 0.05) is 29.7 Å². The zero-order valence-electron chi connectivity index (χ0n) is 14.0. The summed E-state index contributed by atoms with van der Waals surface area (Å²) >= 11 is 0. The van der Waals surface area contributed by atoms with Crippen LogP contribution in [-0.4, -0.2) is 35.1 Å². The topological polar surface area (TPSA) is 34.5 Å². The van der Waals surface area contributed by atoms with Crippen molar-refractivity contribution < 1.29 is 9.53 Å². The molecule has 1 atom stereocenters. The van der Waals surface area contributed by atoms with Gasteiger partial charge in [0.05, 0.1) is 19.2 Å². The van der Waals surface area contributed by atoms with E-state index in [1.54, 1.807) is 0 Å². The number of hydrogen-bond acceptors (Lipinski definition) is 3. The number of hydrogen-bond donors (Lipinski definition) is 0. The molecule has 0 unspecified atom stereocenters. The molecule has 1 aromatic carbocycles. The number of fused-ring (bicyclic) bond motifs is 3. The van der Waals surface area contributed by atoms with Crippen LogP contribution in [0.5, 0.6) is 0 Å². The van der Waals surface area contributed by atoms with Gasteiger partial charge in [0.25, 0.3) is 0 Å². The van der Waals surface area contributed by atoms with Crippen molar-refractivity contribution >= 4 is 16.9 Å². The molecular formula is C19H24N2O2. The average Bonchev–Trinajstić information content (AvgIpc) is 2.85. The van der Waals surface area contributed by atoms with E-state index in [2.05, 4.69) is 34.6 Å². The number of rotatable bonds is 3. The maximum Gasteiger partial charge on any atom is 0.320 e. The summed E-state index contributed by atoms with van der Waals surface area (Å²) in [6.07, 6.45) is 3.50. The SMILES string of the molecule is CCOC(=O)CN1CCn2c3c(c4cc(C)ccc42)CCC[C@@H]31. The first kappa shape index (κ1) is 14.8. The van der Waals surface area contributed by atoms with Crippen LogP contribution in [0, 0.1) is 6.92 Å². The Morgan fingerprint density at radius 1 is 1.35 bits per heavy atom. The molecule has 2 heterocycles. The molecule has 2 aliphatic rings. The van der Waals surface area contributed by atoms with Crippen LogP contribution in [0.1, 0.15) is 42.6 Å². The summed E-state index contributed by atoms with van der Waals surface area (Å²) in [6.45, 7) is 6.79. The number of nitrogens with zero attached hydrogens (tertiary/aromatic N) is 2. The fourth-order valence-corrected chi connectivity index (χ4v) is 4.35. The van der Waals surface area contributed by atoms with Gasteiger partial charge in [-0.2, -0.15) is 0 Å². The number of ether oxygens (including phenoxy) is 1. The van der Waals surface area contributed by atoms with E-state index < -0.39 is 0 Å². The highest BCUT2D eigenvalue weighted by Gasteiger charge is 2.35. The molecule has 0 spiro atoms. The number of esters is 1. The minimum atomic E-state index is -0.0972. The maximum atomic E-state index is 11.9. The third-order valence-corrected chi connectivity index (χ3v) is 5.28. The summed E-state index contributed by atoms with van der Waals surface area (Å²) in [5.74, 6) is -0.0972. The van der Waals surface area contributed by atoms with Crippen molar-refractivity contribution in [3.63, 3.8) is 0 Å². The first-order valence-electron chi connectivity index (χ1n) is 8.70. The van der Waals surface area contributed by atoms with Gasteiger partial charge in [0.1, 0.15) is 0 Å². The predicted molar refractivity (Wildman–Crippen MR) is 90.6 cm³/mol. The lowest BCUT2D eigenvalue weighted by Gasteiger charge is -2.39. The summed E-state index contributed by atoms with van der Waals surface area (Å²) < 4.78 is 7.66. The zero-order valence-corrected chi connectivity index (χ0v) is 14.0. The van der Waals surface area contributed by atoms with E-state index in [4.69, 9.17) is 4.74 Å². The van der Waals surface area contributed by atoms with Crippen molar-refractivity contribution in [1.82, 2.24) is 9.47 Å². The van der Waals surface area contributed by atoms with Crippen LogP contribution in [0.15, 0.2) is 18.2 Å². The predicted octanol–water partition coefficient (Wildman–Crippen LogP) is 3.21. The normalized spacial score (nSPS) is 20.5. The number of aromatic nitrogens is 1. The zero-order chi connectivity index (χ0) is 16.0. The highest BCUT2D eigenvalue weighted by Crippen LogP contribution is 2.42. The van der Waals surface area contributed by atoms with E-state index in [0.717, 1.165) is 25.9 Å². The smallest absolute Gasteiger partial charge is 0.320 e. The van der Waals surface area contributed by atoms with Gasteiger partial charge in [0.15, 0.2) is 0 Å². The fraction of sp³-hybridized carbons (Fsp3) is 0.526.